The van der Waals surface area contributed by atoms with Gasteiger partial charge in [-0.3, -0.25) is 9.59 Å². The van der Waals surface area contributed by atoms with Crippen LogP contribution in [-0.4, -0.2) is 29.7 Å². The van der Waals surface area contributed by atoms with Gasteiger partial charge in [-0.2, -0.15) is 0 Å². The van der Waals surface area contributed by atoms with Gasteiger partial charge in [0.2, 0.25) is 5.91 Å². The van der Waals surface area contributed by atoms with Gasteiger partial charge in [0.25, 0.3) is 0 Å². The van der Waals surface area contributed by atoms with Crippen LogP contribution in [0.1, 0.15) is 30.9 Å². The third kappa shape index (κ3) is 3.51. The number of nitrogens with one attached hydrogen (secondary N) is 1. The maximum atomic E-state index is 12.3. The van der Waals surface area contributed by atoms with E-state index in [9.17, 15) is 14.7 Å². The number of ether oxygens (including phenoxy) is 1. The maximum Gasteiger partial charge on any atom is 0.305 e. The van der Waals surface area contributed by atoms with Gasteiger partial charge in [-0.05, 0) is 29.2 Å². The van der Waals surface area contributed by atoms with Crippen LogP contribution in [0.5, 0.6) is 0 Å². The number of hydrogen-bond donors (Lipinski definition) is 2. The molecule has 2 aromatic carbocycles. The summed E-state index contributed by atoms with van der Waals surface area (Å²) in [5, 5.41) is 14.0. The molecule has 1 aliphatic heterocycles. The van der Waals surface area contributed by atoms with Gasteiger partial charge in [0.05, 0.1) is 12.5 Å². The number of carboxylic acid groups (broad SMARTS) is 1. The molecular formula is C18H19NO4. The number of carbonyl (C=O) groups is 2. The molecule has 1 saturated heterocycles. The Morgan fingerprint density at radius 3 is 2.74 bits per heavy atom. The molecule has 1 fully saturated rings. The highest BCUT2D eigenvalue weighted by molar-refractivity contribution is 5.88. The van der Waals surface area contributed by atoms with Crippen LogP contribution >= 0.6 is 0 Å². The van der Waals surface area contributed by atoms with Gasteiger partial charge < -0.3 is 15.2 Å². The first-order valence-electron chi connectivity index (χ1n) is 7.76. The highest BCUT2D eigenvalue weighted by atomic mass is 16.5. The maximum absolute atomic E-state index is 12.3. The molecule has 1 amide bonds. The fourth-order valence-corrected chi connectivity index (χ4v) is 3.02. The second kappa shape index (κ2) is 6.79. The second-order valence-corrected chi connectivity index (χ2v) is 5.73. The number of carbonyl (C=O) groups excluding carboxylic acids is 1. The van der Waals surface area contributed by atoms with Crippen molar-refractivity contribution in [2.75, 3.05) is 6.61 Å². The molecule has 120 valence electrons. The van der Waals surface area contributed by atoms with Crippen LogP contribution in [0.25, 0.3) is 10.8 Å². The van der Waals surface area contributed by atoms with Crippen LogP contribution in [0.4, 0.5) is 0 Å². The molecule has 1 unspecified atom stereocenters. The van der Waals surface area contributed by atoms with Gasteiger partial charge in [-0.1, -0.05) is 42.5 Å². The van der Waals surface area contributed by atoms with Crippen molar-refractivity contribution in [2.24, 2.45) is 0 Å². The Bertz CT molecular complexity index is 717. The van der Waals surface area contributed by atoms with Crippen molar-refractivity contribution in [3.63, 3.8) is 0 Å². The van der Waals surface area contributed by atoms with E-state index in [1.165, 1.54) is 0 Å². The van der Waals surface area contributed by atoms with E-state index in [0.29, 0.717) is 13.0 Å². The Balaban J connectivity index is 1.91. The molecule has 5 heteroatoms. The third-order valence-corrected chi connectivity index (χ3v) is 4.12. The van der Waals surface area contributed by atoms with Crippen molar-refractivity contribution in [3.05, 3.63) is 48.0 Å². The fourth-order valence-electron chi connectivity index (χ4n) is 3.02. The van der Waals surface area contributed by atoms with E-state index in [2.05, 4.69) is 5.32 Å². The molecule has 0 bridgehead atoms. The van der Waals surface area contributed by atoms with Gasteiger partial charge >= 0.3 is 5.97 Å². The summed E-state index contributed by atoms with van der Waals surface area (Å²) >= 11 is 0. The first kappa shape index (κ1) is 15.5. The number of carboxylic acids is 1. The summed E-state index contributed by atoms with van der Waals surface area (Å²) in [6.45, 7) is 0.579. The molecule has 1 heterocycles. The van der Waals surface area contributed by atoms with Crippen molar-refractivity contribution in [2.45, 2.75) is 31.4 Å². The predicted octanol–water partition coefficient (Wildman–Crippen LogP) is 2.65. The standard InChI is InChI=1S/C18H19NO4/c20-17(21)11-15(19-18(22)16-9-4-10-23-16)14-8-3-6-12-5-1-2-7-13(12)14/h1-3,5-8,15-16H,4,9-11H2,(H,19,22)(H,20,21)/t15-,16?/m1/s1. The van der Waals surface area contributed by atoms with Crippen LogP contribution < -0.4 is 5.32 Å². The summed E-state index contributed by atoms with van der Waals surface area (Å²) in [6.07, 6.45) is 0.908. The zero-order valence-electron chi connectivity index (χ0n) is 12.7. The SMILES string of the molecule is O=C(O)C[C@@H](NC(=O)C1CCCO1)c1cccc2ccccc12. The van der Waals surface area contributed by atoms with E-state index in [-0.39, 0.29) is 12.3 Å². The summed E-state index contributed by atoms with van der Waals surface area (Å²) in [6, 6.07) is 12.9. The minimum atomic E-state index is -0.949. The quantitative estimate of drug-likeness (QED) is 0.890. The number of amides is 1. The van der Waals surface area contributed by atoms with Gasteiger partial charge in [-0.15, -0.1) is 0 Å². The lowest BCUT2D eigenvalue weighted by atomic mass is 9.96. The lowest BCUT2D eigenvalue weighted by Gasteiger charge is -2.21. The first-order valence-corrected chi connectivity index (χ1v) is 7.76. The lowest BCUT2D eigenvalue weighted by molar-refractivity contribution is -0.138. The van der Waals surface area contributed by atoms with Crippen molar-refractivity contribution in [1.82, 2.24) is 5.32 Å². The van der Waals surface area contributed by atoms with Crippen LogP contribution in [0.15, 0.2) is 42.5 Å². The van der Waals surface area contributed by atoms with Crippen LogP contribution in [0, 0.1) is 0 Å². The van der Waals surface area contributed by atoms with Gasteiger partial charge in [0.1, 0.15) is 6.10 Å². The van der Waals surface area contributed by atoms with Crippen molar-refractivity contribution in [3.8, 4) is 0 Å². The number of aliphatic carboxylic acids is 1. The Kier molecular flexibility index (Phi) is 4.57. The van der Waals surface area contributed by atoms with E-state index in [1.807, 2.05) is 42.5 Å². The minimum Gasteiger partial charge on any atom is -0.481 e. The van der Waals surface area contributed by atoms with Crippen LogP contribution in [-0.2, 0) is 14.3 Å². The highest BCUT2D eigenvalue weighted by Gasteiger charge is 2.27. The molecule has 0 spiro atoms. The van der Waals surface area contributed by atoms with E-state index in [1.54, 1.807) is 0 Å². The van der Waals surface area contributed by atoms with Crippen molar-refractivity contribution in [1.29, 1.82) is 0 Å². The zero-order valence-corrected chi connectivity index (χ0v) is 12.7. The van der Waals surface area contributed by atoms with Crippen molar-refractivity contribution < 1.29 is 19.4 Å². The van der Waals surface area contributed by atoms with E-state index in [4.69, 9.17) is 4.74 Å². The topological polar surface area (TPSA) is 75.6 Å². The van der Waals surface area contributed by atoms with Gasteiger partial charge in [0, 0.05) is 6.61 Å². The van der Waals surface area contributed by atoms with Gasteiger partial charge in [-0.25, -0.2) is 0 Å². The first-order chi connectivity index (χ1) is 11.1. The number of fused-ring (bicyclic) bond motifs is 1. The number of benzene rings is 2. The van der Waals surface area contributed by atoms with Crippen LogP contribution in [0.3, 0.4) is 0 Å². The molecule has 1 aliphatic rings. The molecule has 5 nitrogen and oxygen atoms in total. The predicted molar refractivity (Wildman–Crippen MR) is 86.1 cm³/mol. The number of rotatable bonds is 5. The molecule has 2 N–H and O–H groups in total. The smallest absolute Gasteiger partial charge is 0.305 e. The number of hydrogen-bond acceptors (Lipinski definition) is 3. The fraction of sp³-hybridized carbons (Fsp3) is 0.333. The molecule has 0 saturated carbocycles. The molecule has 0 radical (unpaired) electrons. The summed E-state index contributed by atoms with van der Waals surface area (Å²) in [5.74, 6) is -1.18. The summed E-state index contributed by atoms with van der Waals surface area (Å²) < 4.78 is 5.38. The molecule has 0 aliphatic carbocycles. The van der Waals surface area contributed by atoms with E-state index in [0.717, 1.165) is 22.8 Å². The lowest BCUT2D eigenvalue weighted by Crippen LogP contribution is -2.37. The average molecular weight is 313 g/mol. The Labute approximate surface area is 134 Å². The zero-order chi connectivity index (χ0) is 16.2. The normalized spacial score (nSPS) is 18.7. The Hall–Kier alpha value is -2.40. The molecule has 3 rings (SSSR count). The Morgan fingerprint density at radius 1 is 1.22 bits per heavy atom. The second-order valence-electron chi connectivity index (χ2n) is 5.73. The molecule has 2 atom stereocenters. The summed E-state index contributed by atoms with van der Waals surface area (Å²) in [4.78, 5) is 23.6. The van der Waals surface area contributed by atoms with Crippen molar-refractivity contribution >= 4 is 22.6 Å². The molecule has 0 aromatic heterocycles. The van der Waals surface area contributed by atoms with E-state index >= 15 is 0 Å². The summed E-state index contributed by atoms with van der Waals surface area (Å²) in [5.41, 5.74) is 0.817. The minimum absolute atomic E-state index is 0.160. The van der Waals surface area contributed by atoms with Crippen LogP contribution in [0.2, 0.25) is 0 Å². The molecular weight excluding hydrogens is 294 g/mol. The van der Waals surface area contributed by atoms with Gasteiger partial charge in [0.15, 0.2) is 0 Å². The average Bonchev–Trinajstić information content (AvgIpc) is 3.08. The highest BCUT2D eigenvalue weighted by Crippen LogP contribution is 2.27. The monoisotopic (exact) mass is 313 g/mol. The Morgan fingerprint density at radius 2 is 2.00 bits per heavy atom. The molecule has 23 heavy (non-hydrogen) atoms. The van der Waals surface area contributed by atoms with E-state index < -0.39 is 18.1 Å². The molecule has 2 aromatic rings. The largest absolute Gasteiger partial charge is 0.481 e. The third-order valence-electron chi connectivity index (χ3n) is 4.12. The summed E-state index contributed by atoms with van der Waals surface area (Å²) in [7, 11) is 0.